The summed E-state index contributed by atoms with van der Waals surface area (Å²) in [4.78, 5) is 25.8. The van der Waals surface area contributed by atoms with Crippen molar-refractivity contribution in [3.63, 3.8) is 0 Å². The first kappa shape index (κ1) is 14.5. The second-order valence-electron chi connectivity index (χ2n) is 5.26. The van der Waals surface area contributed by atoms with Crippen LogP contribution in [0.2, 0.25) is 0 Å². The number of aliphatic hydroxyl groups is 1. The molecule has 8 nitrogen and oxygen atoms in total. The molecular weight excluding hydrogens is 292 g/mol. The molecule has 0 aliphatic carbocycles. The third-order valence-electron chi connectivity index (χ3n) is 3.72. The Morgan fingerprint density at radius 3 is 2.86 bits per heavy atom. The number of cyclic esters (lactones) is 1. The fourth-order valence-electron chi connectivity index (χ4n) is 2.63. The minimum absolute atomic E-state index is 0.242. The standard InChI is InChI=1S/C14H16N2O6/c1-8-7-21-12-4-9(2-3-11(12)16(8)13(18)19)15-5-10(6-17)22-14(15)20/h2-4,8,10,17H,5-7H2,1H3,(H,18,19)/t8-,10+/m0/s1. The summed E-state index contributed by atoms with van der Waals surface area (Å²) in [7, 11) is 0. The predicted molar refractivity (Wildman–Crippen MR) is 76.6 cm³/mol. The summed E-state index contributed by atoms with van der Waals surface area (Å²) in [6, 6.07) is 4.56. The van der Waals surface area contributed by atoms with Gasteiger partial charge in [0, 0.05) is 6.07 Å². The SMILES string of the molecule is C[C@H]1COc2cc(N3C[C@H](CO)OC3=O)ccc2N1C(=O)O. The number of carbonyl (C=O) groups excluding carboxylic acids is 1. The van der Waals surface area contributed by atoms with Crippen molar-refractivity contribution in [2.45, 2.75) is 19.1 Å². The van der Waals surface area contributed by atoms with E-state index < -0.39 is 18.3 Å². The Morgan fingerprint density at radius 1 is 1.45 bits per heavy atom. The van der Waals surface area contributed by atoms with Crippen LogP contribution in [0.25, 0.3) is 0 Å². The Hall–Kier alpha value is -2.48. The molecule has 0 saturated carbocycles. The van der Waals surface area contributed by atoms with Crippen LogP contribution in [0.5, 0.6) is 5.75 Å². The largest absolute Gasteiger partial charge is 0.489 e. The Balaban J connectivity index is 1.92. The highest BCUT2D eigenvalue weighted by Gasteiger charge is 2.34. The zero-order valence-corrected chi connectivity index (χ0v) is 11.9. The molecule has 2 amide bonds. The van der Waals surface area contributed by atoms with Crippen LogP contribution in [-0.2, 0) is 4.74 Å². The van der Waals surface area contributed by atoms with E-state index in [1.54, 1.807) is 25.1 Å². The molecular formula is C14H16N2O6. The highest BCUT2D eigenvalue weighted by Crippen LogP contribution is 2.38. The fourth-order valence-corrected chi connectivity index (χ4v) is 2.63. The van der Waals surface area contributed by atoms with Crippen molar-refractivity contribution >= 4 is 23.6 Å². The molecule has 118 valence electrons. The summed E-state index contributed by atoms with van der Waals surface area (Å²) in [5.41, 5.74) is 0.987. The third kappa shape index (κ3) is 2.31. The Kier molecular flexibility index (Phi) is 3.53. The number of carboxylic acid groups (broad SMARTS) is 1. The number of rotatable bonds is 2. The lowest BCUT2D eigenvalue weighted by Gasteiger charge is -2.33. The minimum Gasteiger partial charge on any atom is -0.489 e. The van der Waals surface area contributed by atoms with Crippen LogP contribution in [0.15, 0.2) is 18.2 Å². The van der Waals surface area contributed by atoms with Crippen LogP contribution in [0, 0.1) is 0 Å². The smallest absolute Gasteiger partial charge is 0.414 e. The number of anilines is 2. The lowest BCUT2D eigenvalue weighted by atomic mass is 10.1. The highest BCUT2D eigenvalue weighted by atomic mass is 16.6. The van der Waals surface area contributed by atoms with Crippen LogP contribution in [-0.4, -0.2) is 54.3 Å². The molecule has 22 heavy (non-hydrogen) atoms. The van der Waals surface area contributed by atoms with E-state index in [1.165, 1.54) is 9.80 Å². The molecule has 8 heteroatoms. The van der Waals surface area contributed by atoms with E-state index in [0.717, 1.165) is 0 Å². The summed E-state index contributed by atoms with van der Waals surface area (Å²) >= 11 is 0. The van der Waals surface area contributed by atoms with E-state index in [4.69, 9.17) is 14.6 Å². The summed E-state index contributed by atoms with van der Waals surface area (Å²) in [5.74, 6) is 0.401. The molecule has 0 unspecified atom stereocenters. The van der Waals surface area contributed by atoms with E-state index in [2.05, 4.69) is 0 Å². The first-order valence-electron chi connectivity index (χ1n) is 6.89. The topological polar surface area (TPSA) is 99.5 Å². The molecule has 1 aromatic carbocycles. The molecule has 1 saturated heterocycles. The van der Waals surface area contributed by atoms with Gasteiger partial charge in [-0.25, -0.2) is 9.59 Å². The molecule has 0 spiro atoms. The van der Waals surface area contributed by atoms with Crippen LogP contribution in [0.4, 0.5) is 21.0 Å². The maximum atomic E-state index is 11.8. The Morgan fingerprint density at radius 2 is 2.23 bits per heavy atom. The molecule has 0 bridgehead atoms. The van der Waals surface area contributed by atoms with E-state index in [-0.39, 0.29) is 25.8 Å². The maximum Gasteiger partial charge on any atom is 0.414 e. The van der Waals surface area contributed by atoms with Gasteiger partial charge in [0.05, 0.1) is 30.6 Å². The second kappa shape index (κ2) is 5.38. The van der Waals surface area contributed by atoms with E-state index >= 15 is 0 Å². The zero-order valence-electron chi connectivity index (χ0n) is 11.9. The number of benzene rings is 1. The van der Waals surface area contributed by atoms with Crippen molar-refractivity contribution in [2.24, 2.45) is 0 Å². The quantitative estimate of drug-likeness (QED) is 0.853. The third-order valence-corrected chi connectivity index (χ3v) is 3.72. The van der Waals surface area contributed by atoms with Gasteiger partial charge in [-0.3, -0.25) is 9.80 Å². The van der Waals surface area contributed by atoms with Crippen LogP contribution >= 0.6 is 0 Å². The van der Waals surface area contributed by atoms with Crippen molar-refractivity contribution in [1.29, 1.82) is 0 Å². The van der Waals surface area contributed by atoms with E-state index in [9.17, 15) is 14.7 Å². The molecule has 0 aromatic heterocycles. The zero-order chi connectivity index (χ0) is 15.9. The van der Waals surface area contributed by atoms with E-state index in [1.807, 2.05) is 0 Å². The summed E-state index contributed by atoms with van der Waals surface area (Å²) in [6.45, 7) is 2.00. The van der Waals surface area contributed by atoms with Gasteiger partial charge in [-0.05, 0) is 19.1 Å². The molecule has 0 radical (unpaired) electrons. The second-order valence-corrected chi connectivity index (χ2v) is 5.26. The summed E-state index contributed by atoms with van der Waals surface area (Å²) in [6.07, 6.45) is -2.15. The number of carbonyl (C=O) groups is 2. The molecule has 1 fully saturated rings. The molecule has 2 N–H and O–H groups in total. The van der Waals surface area contributed by atoms with Crippen molar-refractivity contribution in [1.82, 2.24) is 0 Å². The number of nitrogens with zero attached hydrogens (tertiary/aromatic N) is 2. The molecule has 3 rings (SSSR count). The highest BCUT2D eigenvalue weighted by molar-refractivity contribution is 5.93. The number of hydrogen-bond acceptors (Lipinski definition) is 5. The molecule has 2 atom stereocenters. The van der Waals surface area contributed by atoms with Crippen molar-refractivity contribution < 1.29 is 29.3 Å². The van der Waals surface area contributed by atoms with Gasteiger partial charge in [0.2, 0.25) is 0 Å². The maximum absolute atomic E-state index is 11.8. The van der Waals surface area contributed by atoms with Gasteiger partial charge in [0.15, 0.2) is 0 Å². The van der Waals surface area contributed by atoms with Crippen LogP contribution in [0.1, 0.15) is 6.92 Å². The van der Waals surface area contributed by atoms with Gasteiger partial charge in [-0.2, -0.15) is 0 Å². The minimum atomic E-state index is -1.05. The number of hydrogen-bond donors (Lipinski definition) is 2. The lowest BCUT2D eigenvalue weighted by molar-refractivity contribution is 0.0963. The number of amides is 2. The first-order chi connectivity index (χ1) is 10.5. The number of ether oxygens (including phenoxy) is 2. The molecule has 1 aromatic rings. The van der Waals surface area contributed by atoms with Gasteiger partial charge in [-0.1, -0.05) is 0 Å². The van der Waals surface area contributed by atoms with Gasteiger partial charge < -0.3 is 19.7 Å². The van der Waals surface area contributed by atoms with Gasteiger partial charge in [0.1, 0.15) is 18.5 Å². The van der Waals surface area contributed by atoms with Crippen LogP contribution < -0.4 is 14.5 Å². The fraction of sp³-hybridized carbons (Fsp3) is 0.429. The molecule has 2 heterocycles. The van der Waals surface area contributed by atoms with Gasteiger partial charge in [0.25, 0.3) is 0 Å². The molecule has 2 aliphatic rings. The first-order valence-corrected chi connectivity index (χ1v) is 6.89. The van der Waals surface area contributed by atoms with Gasteiger partial charge >= 0.3 is 12.2 Å². The molecule has 2 aliphatic heterocycles. The Bertz CT molecular complexity index is 619. The van der Waals surface area contributed by atoms with Crippen molar-refractivity contribution in [3.8, 4) is 5.75 Å². The van der Waals surface area contributed by atoms with Crippen molar-refractivity contribution in [2.75, 3.05) is 29.6 Å². The number of aliphatic hydroxyl groups excluding tert-OH is 1. The lowest BCUT2D eigenvalue weighted by Crippen LogP contribution is -2.44. The number of fused-ring (bicyclic) bond motifs is 1. The van der Waals surface area contributed by atoms with Crippen molar-refractivity contribution in [3.05, 3.63) is 18.2 Å². The monoisotopic (exact) mass is 308 g/mol. The summed E-state index contributed by atoms with van der Waals surface area (Å²) < 4.78 is 10.6. The summed E-state index contributed by atoms with van der Waals surface area (Å²) in [5, 5.41) is 18.4. The van der Waals surface area contributed by atoms with Gasteiger partial charge in [-0.15, -0.1) is 0 Å². The Labute approximate surface area is 126 Å². The predicted octanol–water partition coefficient (Wildman–Crippen LogP) is 1.27. The average Bonchev–Trinajstić information content (AvgIpc) is 2.87. The van der Waals surface area contributed by atoms with Crippen LogP contribution in [0.3, 0.4) is 0 Å². The average molecular weight is 308 g/mol. The normalized spacial score (nSPS) is 23.8. The van der Waals surface area contributed by atoms with E-state index in [0.29, 0.717) is 17.1 Å².